The number of hydrogen-bond donors (Lipinski definition) is 1. The second kappa shape index (κ2) is 4.09. The van der Waals surface area contributed by atoms with Crippen LogP contribution in [-0.4, -0.2) is 15.8 Å². The van der Waals surface area contributed by atoms with E-state index in [0.29, 0.717) is 12.8 Å². The zero-order valence-corrected chi connectivity index (χ0v) is 9.81. The summed E-state index contributed by atoms with van der Waals surface area (Å²) in [6.07, 6.45) is 2.35. The van der Waals surface area contributed by atoms with Crippen molar-refractivity contribution in [3.63, 3.8) is 0 Å². The summed E-state index contributed by atoms with van der Waals surface area (Å²) in [4.78, 5) is 12.1. The lowest BCUT2D eigenvalue weighted by Gasteiger charge is -2.37. The van der Waals surface area contributed by atoms with Crippen molar-refractivity contribution in [1.82, 2.24) is 0 Å². The molecular weight excluding hydrogens is 227 g/mol. The molecule has 0 saturated heterocycles. The van der Waals surface area contributed by atoms with E-state index < -0.39 is 10.7 Å². The summed E-state index contributed by atoms with van der Waals surface area (Å²) in [5.41, 5.74) is 0.803. The van der Waals surface area contributed by atoms with Gasteiger partial charge in [-0.3, -0.25) is 4.79 Å². The van der Waals surface area contributed by atoms with E-state index in [1.54, 1.807) is 13.0 Å². The zero-order valence-electron chi connectivity index (χ0n) is 9.00. The average molecular weight is 240 g/mol. The fourth-order valence-electron chi connectivity index (χ4n) is 1.80. The second-order valence-electron chi connectivity index (χ2n) is 4.16. The van der Waals surface area contributed by atoms with Gasteiger partial charge in [0.25, 0.3) is 0 Å². The molecule has 16 heavy (non-hydrogen) atoms. The minimum Gasteiger partial charge on any atom is -0.480 e. The van der Waals surface area contributed by atoms with Gasteiger partial charge in [-0.1, -0.05) is 0 Å². The van der Waals surface area contributed by atoms with Crippen LogP contribution in [0.25, 0.3) is 0 Å². The lowest BCUT2D eigenvalue weighted by molar-refractivity contribution is -0.142. The van der Waals surface area contributed by atoms with Crippen molar-refractivity contribution in [2.45, 2.75) is 35.8 Å². The summed E-state index contributed by atoms with van der Waals surface area (Å²) in [5, 5.41) is 9.20. The monoisotopic (exact) mass is 240 g/mol. The molecule has 2 nitrogen and oxygen atoms in total. The molecule has 2 rings (SSSR count). The molecule has 0 spiro atoms. The minimum atomic E-state index is -0.757. The number of benzene rings is 1. The third-order valence-corrected chi connectivity index (χ3v) is 4.64. The third-order valence-electron chi connectivity index (χ3n) is 2.99. The fraction of sp³-hybridized carbons (Fsp3) is 0.417. The van der Waals surface area contributed by atoms with Gasteiger partial charge < -0.3 is 5.11 Å². The number of carboxylic acid groups (broad SMARTS) is 1. The van der Waals surface area contributed by atoms with Gasteiger partial charge in [0.15, 0.2) is 0 Å². The Bertz CT molecular complexity index is 427. The Labute approximate surface area is 97.9 Å². The summed E-state index contributed by atoms with van der Waals surface area (Å²) < 4.78 is 12.2. The molecule has 1 saturated carbocycles. The predicted molar refractivity (Wildman–Crippen MR) is 61.2 cm³/mol. The molecule has 0 amide bonds. The molecule has 0 radical (unpaired) electrons. The van der Waals surface area contributed by atoms with Crippen LogP contribution in [0.5, 0.6) is 0 Å². The van der Waals surface area contributed by atoms with E-state index in [-0.39, 0.29) is 5.82 Å². The number of halogens is 1. The van der Waals surface area contributed by atoms with Gasteiger partial charge in [0, 0.05) is 4.90 Å². The molecular formula is C12H13FO2S. The maximum Gasteiger partial charge on any atom is 0.320 e. The van der Waals surface area contributed by atoms with Gasteiger partial charge in [-0.15, -0.1) is 11.8 Å². The van der Waals surface area contributed by atoms with E-state index >= 15 is 0 Å². The molecule has 0 aliphatic heterocycles. The van der Waals surface area contributed by atoms with Gasteiger partial charge in [0.05, 0.1) is 0 Å². The number of hydrogen-bond acceptors (Lipinski definition) is 2. The molecule has 4 heteroatoms. The molecule has 0 heterocycles. The van der Waals surface area contributed by atoms with E-state index in [0.717, 1.165) is 16.9 Å². The Morgan fingerprint density at radius 1 is 1.50 bits per heavy atom. The maximum atomic E-state index is 12.9. The second-order valence-corrected chi connectivity index (χ2v) is 5.59. The third kappa shape index (κ3) is 1.94. The van der Waals surface area contributed by atoms with E-state index in [4.69, 9.17) is 0 Å². The van der Waals surface area contributed by atoms with Crippen LogP contribution in [0.2, 0.25) is 0 Å². The smallest absolute Gasteiger partial charge is 0.320 e. The standard InChI is InChI=1S/C12H13FO2S/c1-8-7-9(13)3-4-10(8)16-12(11(14)15)5-2-6-12/h3-4,7H,2,5-6H2,1H3,(H,14,15). The number of thioether (sulfide) groups is 1. The van der Waals surface area contributed by atoms with Gasteiger partial charge in [0.2, 0.25) is 0 Å². The van der Waals surface area contributed by atoms with Crippen LogP contribution in [0.4, 0.5) is 4.39 Å². The molecule has 0 aromatic heterocycles. The molecule has 86 valence electrons. The predicted octanol–water partition coefficient (Wildman–Crippen LogP) is 3.23. The minimum absolute atomic E-state index is 0.278. The summed E-state index contributed by atoms with van der Waals surface area (Å²) >= 11 is 1.36. The molecule has 0 bridgehead atoms. The van der Waals surface area contributed by atoms with E-state index in [9.17, 15) is 14.3 Å². The summed E-state index contributed by atoms with van der Waals surface area (Å²) in [7, 11) is 0. The van der Waals surface area contributed by atoms with Crippen molar-refractivity contribution >= 4 is 17.7 Å². The number of aryl methyl sites for hydroxylation is 1. The highest BCUT2D eigenvalue weighted by molar-refractivity contribution is 8.01. The average Bonchev–Trinajstić information content (AvgIpc) is 2.13. The van der Waals surface area contributed by atoms with Gasteiger partial charge in [-0.2, -0.15) is 0 Å². The van der Waals surface area contributed by atoms with Gasteiger partial charge in [-0.25, -0.2) is 4.39 Å². The molecule has 1 aliphatic carbocycles. The lowest BCUT2D eigenvalue weighted by Crippen LogP contribution is -2.41. The molecule has 1 aromatic carbocycles. The van der Waals surface area contributed by atoms with E-state index in [1.807, 2.05) is 0 Å². The first-order chi connectivity index (χ1) is 7.53. The largest absolute Gasteiger partial charge is 0.480 e. The molecule has 1 N–H and O–H groups in total. The van der Waals surface area contributed by atoms with Crippen LogP contribution < -0.4 is 0 Å². The Balaban J connectivity index is 2.23. The number of aliphatic carboxylic acids is 1. The lowest BCUT2D eigenvalue weighted by atomic mass is 9.84. The van der Waals surface area contributed by atoms with Crippen LogP contribution in [0.15, 0.2) is 23.1 Å². The Hall–Kier alpha value is -1.03. The van der Waals surface area contributed by atoms with Gasteiger partial charge >= 0.3 is 5.97 Å². The highest BCUT2D eigenvalue weighted by atomic mass is 32.2. The Morgan fingerprint density at radius 2 is 2.19 bits per heavy atom. The summed E-state index contributed by atoms with van der Waals surface area (Å²) in [6.45, 7) is 1.81. The summed E-state index contributed by atoms with van der Waals surface area (Å²) in [5.74, 6) is -1.03. The zero-order chi connectivity index (χ0) is 11.8. The summed E-state index contributed by atoms with van der Waals surface area (Å²) in [6, 6.07) is 4.48. The highest BCUT2D eigenvalue weighted by Crippen LogP contribution is 2.48. The van der Waals surface area contributed by atoms with Gasteiger partial charge in [0.1, 0.15) is 10.6 Å². The Kier molecular flexibility index (Phi) is 2.93. The molecule has 1 fully saturated rings. The van der Waals surface area contributed by atoms with Gasteiger partial charge in [-0.05, 0) is 49.9 Å². The topological polar surface area (TPSA) is 37.3 Å². The first kappa shape index (κ1) is 11.5. The highest BCUT2D eigenvalue weighted by Gasteiger charge is 2.45. The van der Waals surface area contributed by atoms with Crippen molar-refractivity contribution < 1.29 is 14.3 Å². The molecule has 0 unspecified atom stereocenters. The molecule has 0 atom stereocenters. The van der Waals surface area contributed by atoms with Crippen LogP contribution in [0, 0.1) is 12.7 Å². The van der Waals surface area contributed by atoms with Crippen molar-refractivity contribution in [2.24, 2.45) is 0 Å². The van der Waals surface area contributed by atoms with Crippen molar-refractivity contribution in [3.05, 3.63) is 29.6 Å². The van der Waals surface area contributed by atoms with Crippen LogP contribution in [0.3, 0.4) is 0 Å². The number of carbonyl (C=O) groups is 1. The van der Waals surface area contributed by atoms with Crippen molar-refractivity contribution in [2.75, 3.05) is 0 Å². The Morgan fingerprint density at radius 3 is 2.62 bits per heavy atom. The van der Waals surface area contributed by atoms with E-state index in [1.165, 1.54) is 23.9 Å². The van der Waals surface area contributed by atoms with Crippen LogP contribution in [-0.2, 0) is 4.79 Å². The van der Waals surface area contributed by atoms with E-state index in [2.05, 4.69) is 0 Å². The fourth-order valence-corrected chi connectivity index (χ4v) is 3.15. The molecule has 1 aliphatic rings. The molecule has 1 aromatic rings. The van der Waals surface area contributed by atoms with Crippen molar-refractivity contribution in [3.8, 4) is 0 Å². The van der Waals surface area contributed by atoms with Crippen molar-refractivity contribution in [1.29, 1.82) is 0 Å². The maximum absolute atomic E-state index is 12.9. The van der Waals surface area contributed by atoms with Crippen LogP contribution >= 0.6 is 11.8 Å². The normalized spacial score (nSPS) is 17.9. The number of rotatable bonds is 3. The first-order valence-electron chi connectivity index (χ1n) is 5.22. The first-order valence-corrected chi connectivity index (χ1v) is 6.04. The SMILES string of the molecule is Cc1cc(F)ccc1SC1(C(=O)O)CCC1. The quantitative estimate of drug-likeness (QED) is 0.881. The van der Waals surface area contributed by atoms with Crippen LogP contribution in [0.1, 0.15) is 24.8 Å². The number of carboxylic acids is 1.